The Balaban J connectivity index is 2.01. The third kappa shape index (κ3) is 4.34. The number of hydrogen-bond donors (Lipinski definition) is 1. The monoisotopic (exact) mass is 303 g/mol. The molecular formula is C15H21N5S. The summed E-state index contributed by atoms with van der Waals surface area (Å²) in [6.07, 6.45) is 2.67. The van der Waals surface area contributed by atoms with E-state index in [4.69, 9.17) is 18.0 Å². The maximum absolute atomic E-state index is 5.67. The van der Waals surface area contributed by atoms with Gasteiger partial charge in [0.05, 0.1) is 6.54 Å². The summed E-state index contributed by atoms with van der Waals surface area (Å²) < 4.78 is 1.96. The molecule has 0 atom stereocenters. The molecule has 2 N–H and O–H groups in total. The van der Waals surface area contributed by atoms with Gasteiger partial charge in [-0.25, -0.2) is 9.67 Å². The number of aryl methyl sites for hydroxylation is 1. The summed E-state index contributed by atoms with van der Waals surface area (Å²) in [6.45, 7) is 4.61. The summed E-state index contributed by atoms with van der Waals surface area (Å²) in [5.74, 6) is 0.991. The Morgan fingerprint density at radius 1 is 1.38 bits per heavy atom. The van der Waals surface area contributed by atoms with Crippen molar-refractivity contribution in [3.63, 3.8) is 0 Å². The second-order valence-electron chi connectivity index (χ2n) is 5.14. The van der Waals surface area contributed by atoms with Crippen LogP contribution in [0.1, 0.15) is 30.3 Å². The Bertz CT molecular complexity index is 608. The topological polar surface area (TPSA) is 60.0 Å². The fourth-order valence-corrected chi connectivity index (χ4v) is 2.37. The van der Waals surface area contributed by atoms with Crippen molar-refractivity contribution in [1.82, 2.24) is 19.7 Å². The summed E-state index contributed by atoms with van der Waals surface area (Å²) in [5.41, 5.74) is 7.76. The summed E-state index contributed by atoms with van der Waals surface area (Å²) in [5, 5.41) is 4.25. The molecule has 0 aliphatic heterocycles. The van der Waals surface area contributed by atoms with Gasteiger partial charge in [-0.3, -0.25) is 4.90 Å². The molecule has 0 amide bonds. The lowest BCUT2D eigenvalue weighted by atomic mass is 10.1. The van der Waals surface area contributed by atoms with Crippen molar-refractivity contribution in [3.05, 3.63) is 47.5 Å². The van der Waals surface area contributed by atoms with E-state index >= 15 is 0 Å². The second-order valence-corrected chi connectivity index (χ2v) is 5.58. The van der Waals surface area contributed by atoms with Crippen molar-refractivity contribution >= 4 is 17.2 Å². The van der Waals surface area contributed by atoms with Gasteiger partial charge in [0.25, 0.3) is 0 Å². The highest BCUT2D eigenvalue weighted by Crippen LogP contribution is 2.09. The normalized spacial score (nSPS) is 11.0. The van der Waals surface area contributed by atoms with Gasteiger partial charge >= 0.3 is 0 Å². The minimum Gasteiger partial charge on any atom is -0.389 e. The number of benzene rings is 1. The van der Waals surface area contributed by atoms with Gasteiger partial charge < -0.3 is 5.73 Å². The molecule has 2 aromatic rings. The van der Waals surface area contributed by atoms with E-state index in [0.29, 0.717) is 4.99 Å². The van der Waals surface area contributed by atoms with Crippen molar-refractivity contribution in [1.29, 1.82) is 0 Å². The third-order valence-corrected chi connectivity index (χ3v) is 3.44. The fraction of sp³-hybridized carbons (Fsp3) is 0.400. The minimum atomic E-state index is 0.433. The molecule has 0 bridgehead atoms. The molecule has 21 heavy (non-hydrogen) atoms. The molecule has 0 spiro atoms. The van der Waals surface area contributed by atoms with Crippen LogP contribution in [0.25, 0.3) is 0 Å². The Kier molecular flexibility index (Phi) is 5.41. The lowest BCUT2D eigenvalue weighted by molar-refractivity contribution is 0.302. The molecule has 0 aliphatic rings. The van der Waals surface area contributed by atoms with E-state index < -0.39 is 0 Å². The van der Waals surface area contributed by atoms with Crippen LogP contribution in [0.15, 0.2) is 30.6 Å². The van der Waals surface area contributed by atoms with E-state index in [2.05, 4.69) is 35.0 Å². The Morgan fingerprint density at radius 2 is 2.19 bits per heavy atom. The van der Waals surface area contributed by atoms with Crippen LogP contribution >= 0.6 is 12.2 Å². The SMILES string of the molecule is CCCn1ncnc1CN(C)Cc1cccc(C(N)=S)c1. The molecular weight excluding hydrogens is 282 g/mol. The van der Waals surface area contributed by atoms with E-state index in [9.17, 15) is 0 Å². The molecule has 0 fully saturated rings. The second kappa shape index (κ2) is 7.28. The quantitative estimate of drug-likeness (QED) is 0.792. The maximum Gasteiger partial charge on any atom is 0.141 e. The van der Waals surface area contributed by atoms with Gasteiger partial charge in [-0.1, -0.05) is 37.3 Å². The standard InChI is InChI=1S/C15H21N5S/c1-3-7-20-14(17-11-18-20)10-19(2)9-12-5-4-6-13(8-12)15(16)21/h4-6,8,11H,3,7,9-10H2,1-2H3,(H2,16,21). The Hall–Kier alpha value is -1.79. The zero-order valence-electron chi connectivity index (χ0n) is 12.5. The number of thiocarbonyl (C=S) groups is 1. The number of hydrogen-bond acceptors (Lipinski definition) is 4. The molecule has 0 unspecified atom stereocenters. The smallest absolute Gasteiger partial charge is 0.141 e. The first-order chi connectivity index (χ1) is 10.1. The summed E-state index contributed by atoms with van der Waals surface area (Å²) >= 11 is 5.02. The van der Waals surface area contributed by atoms with Gasteiger partial charge in [0.1, 0.15) is 17.1 Å². The molecule has 1 heterocycles. The molecule has 112 valence electrons. The highest BCUT2D eigenvalue weighted by molar-refractivity contribution is 7.80. The highest BCUT2D eigenvalue weighted by atomic mass is 32.1. The first-order valence-corrected chi connectivity index (χ1v) is 7.45. The average molecular weight is 303 g/mol. The van der Waals surface area contributed by atoms with Crippen molar-refractivity contribution in [2.24, 2.45) is 5.73 Å². The zero-order chi connectivity index (χ0) is 15.2. The third-order valence-electron chi connectivity index (χ3n) is 3.21. The zero-order valence-corrected chi connectivity index (χ0v) is 13.3. The van der Waals surface area contributed by atoms with Crippen LogP contribution in [-0.4, -0.2) is 31.7 Å². The Labute approximate surface area is 130 Å². The van der Waals surface area contributed by atoms with E-state index in [1.165, 1.54) is 5.56 Å². The fourth-order valence-electron chi connectivity index (χ4n) is 2.24. The lowest BCUT2D eigenvalue weighted by Gasteiger charge is -2.17. The highest BCUT2D eigenvalue weighted by Gasteiger charge is 2.08. The van der Waals surface area contributed by atoms with Crippen molar-refractivity contribution < 1.29 is 0 Å². The van der Waals surface area contributed by atoms with Gasteiger partial charge in [0.15, 0.2) is 0 Å². The van der Waals surface area contributed by atoms with Crippen LogP contribution in [0.4, 0.5) is 0 Å². The van der Waals surface area contributed by atoms with Crippen LogP contribution < -0.4 is 5.73 Å². The van der Waals surface area contributed by atoms with Crippen LogP contribution in [0.2, 0.25) is 0 Å². The predicted molar refractivity (Wildman–Crippen MR) is 87.8 cm³/mol. The lowest BCUT2D eigenvalue weighted by Crippen LogP contribution is -2.21. The molecule has 1 aromatic carbocycles. The van der Waals surface area contributed by atoms with E-state index in [-0.39, 0.29) is 0 Å². The van der Waals surface area contributed by atoms with Gasteiger partial charge in [0.2, 0.25) is 0 Å². The summed E-state index contributed by atoms with van der Waals surface area (Å²) in [4.78, 5) is 6.97. The van der Waals surface area contributed by atoms with Gasteiger partial charge in [-0.15, -0.1) is 0 Å². The van der Waals surface area contributed by atoms with Gasteiger partial charge in [-0.05, 0) is 25.1 Å². The molecule has 5 nitrogen and oxygen atoms in total. The number of rotatable bonds is 7. The average Bonchev–Trinajstić information content (AvgIpc) is 2.86. The van der Waals surface area contributed by atoms with Crippen molar-refractivity contribution in [2.75, 3.05) is 7.05 Å². The molecule has 2 rings (SSSR count). The number of nitrogens with zero attached hydrogens (tertiary/aromatic N) is 4. The maximum atomic E-state index is 5.67. The van der Waals surface area contributed by atoms with Gasteiger partial charge in [0, 0.05) is 18.7 Å². The number of nitrogens with two attached hydrogens (primary N) is 1. The molecule has 0 aliphatic carbocycles. The molecule has 1 aromatic heterocycles. The number of aromatic nitrogens is 3. The first-order valence-electron chi connectivity index (χ1n) is 7.04. The van der Waals surface area contributed by atoms with E-state index in [1.807, 2.05) is 22.9 Å². The van der Waals surface area contributed by atoms with Crippen molar-refractivity contribution in [2.45, 2.75) is 33.0 Å². The van der Waals surface area contributed by atoms with E-state index in [0.717, 1.165) is 37.4 Å². The van der Waals surface area contributed by atoms with Crippen LogP contribution in [0, 0.1) is 0 Å². The Morgan fingerprint density at radius 3 is 2.90 bits per heavy atom. The van der Waals surface area contributed by atoms with Crippen molar-refractivity contribution in [3.8, 4) is 0 Å². The summed E-state index contributed by atoms with van der Waals surface area (Å²) in [6, 6.07) is 8.03. The molecule has 6 heteroatoms. The van der Waals surface area contributed by atoms with Crippen LogP contribution in [0.3, 0.4) is 0 Å². The first kappa shape index (κ1) is 15.6. The molecule has 0 radical (unpaired) electrons. The van der Waals surface area contributed by atoms with E-state index in [1.54, 1.807) is 6.33 Å². The summed E-state index contributed by atoms with van der Waals surface area (Å²) in [7, 11) is 2.07. The molecule has 0 saturated heterocycles. The largest absolute Gasteiger partial charge is 0.389 e. The van der Waals surface area contributed by atoms with Crippen LogP contribution in [-0.2, 0) is 19.6 Å². The molecule has 0 saturated carbocycles. The predicted octanol–water partition coefficient (Wildman–Crippen LogP) is 1.95. The van der Waals surface area contributed by atoms with Crippen LogP contribution in [0.5, 0.6) is 0 Å². The minimum absolute atomic E-state index is 0.433. The van der Waals surface area contributed by atoms with Gasteiger partial charge in [-0.2, -0.15) is 5.10 Å².